The van der Waals surface area contributed by atoms with E-state index in [0.29, 0.717) is 36.6 Å². The summed E-state index contributed by atoms with van der Waals surface area (Å²) in [7, 11) is 1.68. The summed E-state index contributed by atoms with van der Waals surface area (Å²) in [5.74, 6) is 1.90. The van der Waals surface area contributed by atoms with Crippen molar-refractivity contribution < 1.29 is 18.4 Å². The van der Waals surface area contributed by atoms with Gasteiger partial charge in [-0.2, -0.15) is 0 Å². The van der Waals surface area contributed by atoms with Gasteiger partial charge < -0.3 is 14.2 Å². The first-order chi connectivity index (χ1) is 15.0. The molecule has 31 heavy (non-hydrogen) atoms. The summed E-state index contributed by atoms with van der Waals surface area (Å²) >= 11 is 5.88. The lowest BCUT2D eigenvalue weighted by Gasteiger charge is -2.24. The van der Waals surface area contributed by atoms with E-state index in [1.165, 1.54) is 19.5 Å². The first kappa shape index (κ1) is 22.5. The Bertz CT molecular complexity index is 917. The predicted octanol–water partition coefficient (Wildman–Crippen LogP) is 2.21. The molecule has 2 fully saturated rings. The highest BCUT2D eigenvalue weighted by molar-refractivity contribution is 7.87. The smallest absolute Gasteiger partial charge is 0.237 e. The van der Waals surface area contributed by atoms with Crippen molar-refractivity contribution in [2.75, 3.05) is 38.8 Å². The standard InChI is InChI=1S/C19H27ClN6O4S/c1-12(15(29-3)16-21-8-14(20)9-22-16)31(27)25-18-24-23-17(13-4-7-30-10-13)26(18)19(5-6-19)11-28-2/h8-9,12-13,15H,4-7,10-11H2,1-3H3,(H,24,25). The number of ether oxygens (including phenoxy) is 3. The second-order valence-corrected chi connectivity index (χ2v) is 9.93. The van der Waals surface area contributed by atoms with Crippen LogP contribution in [0.4, 0.5) is 5.95 Å². The molecule has 2 aromatic rings. The number of hydrogen-bond acceptors (Lipinski definition) is 8. The fourth-order valence-electron chi connectivity index (χ4n) is 3.95. The van der Waals surface area contributed by atoms with Crippen molar-refractivity contribution in [2.45, 2.75) is 49.0 Å². The van der Waals surface area contributed by atoms with E-state index in [1.54, 1.807) is 7.11 Å². The van der Waals surface area contributed by atoms with Gasteiger partial charge in [0.1, 0.15) is 22.9 Å². The van der Waals surface area contributed by atoms with E-state index in [4.69, 9.17) is 25.8 Å². The molecule has 1 N–H and O–H groups in total. The molecule has 0 amide bonds. The van der Waals surface area contributed by atoms with Gasteiger partial charge in [-0.05, 0) is 26.2 Å². The lowest BCUT2D eigenvalue weighted by Crippen LogP contribution is -2.31. The van der Waals surface area contributed by atoms with Crippen molar-refractivity contribution >= 4 is 28.5 Å². The van der Waals surface area contributed by atoms with Crippen molar-refractivity contribution in [3.63, 3.8) is 0 Å². The molecule has 2 aromatic heterocycles. The number of methoxy groups -OCH3 is 2. The zero-order valence-corrected chi connectivity index (χ0v) is 19.4. The Morgan fingerprint density at radius 2 is 2.10 bits per heavy atom. The third kappa shape index (κ3) is 4.61. The number of anilines is 1. The van der Waals surface area contributed by atoms with E-state index in [1.807, 2.05) is 6.92 Å². The lowest BCUT2D eigenvalue weighted by molar-refractivity contribution is 0.0961. The summed E-state index contributed by atoms with van der Waals surface area (Å²) < 4.78 is 35.0. The Kier molecular flexibility index (Phi) is 6.87. The first-order valence-electron chi connectivity index (χ1n) is 10.2. The minimum atomic E-state index is -1.54. The van der Waals surface area contributed by atoms with Gasteiger partial charge in [0, 0.05) is 39.1 Å². The highest BCUT2D eigenvalue weighted by atomic mass is 35.5. The predicted molar refractivity (Wildman–Crippen MR) is 115 cm³/mol. The van der Waals surface area contributed by atoms with E-state index < -0.39 is 22.3 Å². The Morgan fingerprint density at radius 3 is 2.68 bits per heavy atom. The molecule has 0 radical (unpaired) electrons. The van der Waals surface area contributed by atoms with E-state index in [2.05, 4.69) is 29.5 Å². The summed E-state index contributed by atoms with van der Waals surface area (Å²) in [6, 6.07) is 0. The van der Waals surface area contributed by atoms with Gasteiger partial charge in [0.05, 0.1) is 29.0 Å². The van der Waals surface area contributed by atoms with E-state index in [9.17, 15) is 4.21 Å². The first-order valence-corrected chi connectivity index (χ1v) is 11.8. The van der Waals surface area contributed by atoms with Crippen LogP contribution in [0.15, 0.2) is 12.4 Å². The molecule has 4 atom stereocenters. The van der Waals surface area contributed by atoms with Gasteiger partial charge >= 0.3 is 0 Å². The molecular formula is C19H27ClN6O4S. The maximum Gasteiger partial charge on any atom is 0.237 e. The van der Waals surface area contributed by atoms with Crippen LogP contribution in [0.1, 0.15) is 49.9 Å². The van der Waals surface area contributed by atoms with Crippen molar-refractivity contribution in [1.29, 1.82) is 0 Å². The van der Waals surface area contributed by atoms with Gasteiger partial charge in [-0.25, -0.2) is 14.2 Å². The highest BCUT2D eigenvalue weighted by Crippen LogP contribution is 2.47. The van der Waals surface area contributed by atoms with Gasteiger partial charge in [-0.15, -0.1) is 10.2 Å². The molecule has 3 heterocycles. The monoisotopic (exact) mass is 470 g/mol. The quantitative estimate of drug-likeness (QED) is 0.562. The minimum absolute atomic E-state index is 0.164. The Morgan fingerprint density at radius 1 is 1.35 bits per heavy atom. The van der Waals surface area contributed by atoms with Crippen LogP contribution >= 0.6 is 11.6 Å². The number of halogens is 1. The number of aromatic nitrogens is 5. The van der Waals surface area contributed by atoms with E-state index in [-0.39, 0.29) is 11.5 Å². The van der Waals surface area contributed by atoms with Crippen LogP contribution in [0.2, 0.25) is 5.02 Å². The van der Waals surface area contributed by atoms with Crippen LogP contribution < -0.4 is 4.72 Å². The van der Waals surface area contributed by atoms with Crippen molar-refractivity contribution in [1.82, 2.24) is 24.7 Å². The molecule has 0 spiro atoms. The zero-order valence-electron chi connectivity index (χ0n) is 17.8. The van der Waals surface area contributed by atoms with Crippen LogP contribution in [0.5, 0.6) is 0 Å². The molecule has 2 aliphatic rings. The van der Waals surface area contributed by atoms with Crippen LogP contribution in [-0.2, 0) is 30.7 Å². The molecule has 4 rings (SSSR count). The second-order valence-electron chi connectivity index (χ2n) is 7.96. The fourth-order valence-corrected chi connectivity index (χ4v) is 5.00. The third-order valence-corrected chi connectivity index (χ3v) is 7.30. The molecule has 1 aliphatic heterocycles. The SMILES string of the molecule is COCC1(n2c(NS(=O)C(C)C(OC)c3ncc(Cl)cn3)nnc2C2CCOC2)CC1. The highest BCUT2D eigenvalue weighted by Gasteiger charge is 2.49. The Hall–Kier alpha value is -1.66. The summed E-state index contributed by atoms with van der Waals surface area (Å²) in [5.41, 5.74) is -0.216. The molecular weight excluding hydrogens is 444 g/mol. The van der Waals surface area contributed by atoms with Crippen LogP contribution in [0.25, 0.3) is 0 Å². The molecule has 0 aromatic carbocycles. The largest absolute Gasteiger partial charge is 0.382 e. The van der Waals surface area contributed by atoms with Crippen LogP contribution in [-0.4, -0.2) is 68.2 Å². The number of rotatable bonds is 10. The Balaban J connectivity index is 1.58. The van der Waals surface area contributed by atoms with Gasteiger partial charge in [-0.1, -0.05) is 11.6 Å². The van der Waals surface area contributed by atoms with Gasteiger partial charge in [0.15, 0.2) is 5.82 Å². The Labute approximate surface area is 188 Å². The summed E-state index contributed by atoms with van der Waals surface area (Å²) in [5, 5.41) is 8.75. The molecule has 10 nitrogen and oxygen atoms in total. The number of hydrogen-bond donors (Lipinski definition) is 1. The molecule has 1 saturated carbocycles. The molecule has 170 valence electrons. The second kappa shape index (κ2) is 9.45. The molecule has 4 unspecified atom stereocenters. The van der Waals surface area contributed by atoms with E-state index >= 15 is 0 Å². The summed E-state index contributed by atoms with van der Waals surface area (Å²) in [6.45, 7) is 3.67. The summed E-state index contributed by atoms with van der Waals surface area (Å²) in [4.78, 5) is 8.43. The van der Waals surface area contributed by atoms with Crippen molar-refractivity contribution in [2.24, 2.45) is 0 Å². The topological polar surface area (TPSA) is 113 Å². The molecule has 1 aliphatic carbocycles. The average molecular weight is 471 g/mol. The normalized spacial score (nSPS) is 22.8. The number of nitrogens with zero attached hydrogens (tertiary/aromatic N) is 5. The average Bonchev–Trinajstić information content (AvgIpc) is 3.16. The molecule has 1 saturated heterocycles. The maximum atomic E-state index is 13.2. The van der Waals surface area contributed by atoms with Crippen LogP contribution in [0, 0.1) is 0 Å². The van der Waals surface area contributed by atoms with Gasteiger partial charge in [0.25, 0.3) is 0 Å². The number of nitrogens with one attached hydrogen (secondary N) is 1. The lowest BCUT2D eigenvalue weighted by atomic mass is 10.1. The van der Waals surface area contributed by atoms with Crippen molar-refractivity contribution in [3.05, 3.63) is 29.1 Å². The molecule has 12 heteroatoms. The van der Waals surface area contributed by atoms with Gasteiger partial charge in [0.2, 0.25) is 5.95 Å². The van der Waals surface area contributed by atoms with Gasteiger partial charge in [-0.3, -0.25) is 9.29 Å². The zero-order chi connectivity index (χ0) is 22.0. The maximum absolute atomic E-state index is 13.2. The van der Waals surface area contributed by atoms with Crippen LogP contribution in [0.3, 0.4) is 0 Å². The molecule has 0 bridgehead atoms. The minimum Gasteiger partial charge on any atom is -0.382 e. The third-order valence-electron chi connectivity index (χ3n) is 5.80. The van der Waals surface area contributed by atoms with Crippen molar-refractivity contribution in [3.8, 4) is 0 Å². The fraction of sp³-hybridized carbons (Fsp3) is 0.684. The van der Waals surface area contributed by atoms with E-state index in [0.717, 1.165) is 25.1 Å². The summed E-state index contributed by atoms with van der Waals surface area (Å²) in [6.07, 6.45) is 5.20.